The molecule has 0 aliphatic heterocycles. The van der Waals surface area contributed by atoms with Gasteiger partial charge in [-0.05, 0) is 0 Å². The molecule has 9 heavy (non-hydrogen) atoms. The van der Waals surface area contributed by atoms with Crippen LogP contribution in [0, 0.1) is 13.8 Å². The molecule has 0 aliphatic carbocycles. The molecule has 1 rings (SSSR count). The van der Waals surface area contributed by atoms with Crippen molar-refractivity contribution in [3.63, 3.8) is 0 Å². The summed E-state index contributed by atoms with van der Waals surface area (Å²) in [5.74, 6) is 0. The molecule has 0 saturated heterocycles. The maximum absolute atomic E-state index is 4.19. The van der Waals surface area contributed by atoms with Crippen LogP contribution in [0.2, 0.25) is 0 Å². The molecule has 2 heteroatoms. The average Bonchev–Trinajstić information content (AvgIpc) is 1.80. The Labute approximate surface area is 94.6 Å². The second-order valence-electron chi connectivity index (χ2n) is 2.41. The van der Waals surface area contributed by atoms with Crippen LogP contribution in [-0.4, -0.2) is 60.5 Å². The minimum atomic E-state index is 0.620. The minimum absolute atomic E-state index is 0.620. The molecule has 42 valence electrons. The molecule has 0 aliphatic rings. The zero-order valence-electron chi connectivity index (χ0n) is 6.10. The van der Waals surface area contributed by atoms with Crippen molar-refractivity contribution in [3.05, 3.63) is 23.5 Å². The summed E-state index contributed by atoms with van der Waals surface area (Å²) in [6, 6.07) is 2.15. The maximum atomic E-state index is 4.19. The number of aromatic nitrogens is 1. The van der Waals surface area contributed by atoms with E-state index in [0.717, 1.165) is 5.69 Å². The summed E-state index contributed by atoms with van der Waals surface area (Å²) in [7, 11) is 0. The molecule has 1 nitrogen and oxygen atoms in total. The third kappa shape index (κ3) is 2.22. The van der Waals surface area contributed by atoms with Gasteiger partial charge in [-0.15, -0.1) is 0 Å². The van der Waals surface area contributed by atoms with Gasteiger partial charge in [0.15, 0.2) is 0 Å². The molecule has 0 N–H and O–H groups in total. The second-order valence-corrected chi connectivity index (χ2v) is 5.06. The van der Waals surface area contributed by atoms with Crippen LogP contribution < -0.4 is -1.37 Å². The number of hydrogen-bond acceptors (Lipinski definition) is 1. The fraction of sp³-hybridized carbons (Fsp3) is 0.286. The van der Waals surface area contributed by atoms with Crippen molar-refractivity contribution >= 4 is 54.2 Å². The second kappa shape index (κ2) is 3.38. The zero-order chi connectivity index (χ0) is 6.85. The molecule has 0 unspecified atom stereocenters. The quantitative estimate of drug-likeness (QED) is 0.582. The van der Waals surface area contributed by atoms with Crippen molar-refractivity contribution in [2.45, 2.75) is 13.8 Å². The molecule has 0 aromatic carbocycles. The van der Waals surface area contributed by atoms with Crippen LogP contribution in [0.3, 0.4) is 0 Å². The van der Waals surface area contributed by atoms with Crippen molar-refractivity contribution in [2.24, 2.45) is 0 Å². The van der Waals surface area contributed by atoms with E-state index < -0.39 is 0 Å². The monoisotopic (exact) mass is 191 g/mol. The SMILES string of the molecule is Cc1cc(C)[c]([Rb])cn1. The van der Waals surface area contributed by atoms with Crippen molar-refractivity contribution in [1.29, 1.82) is 0 Å². The molecule has 0 amide bonds. The Kier molecular flexibility index (Phi) is 3.02. The fourth-order valence-electron chi connectivity index (χ4n) is 0.765. The van der Waals surface area contributed by atoms with E-state index in [-0.39, 0.29) is 0 Å². The van der Waals surface area contributed by atoms with E-state index >= 15 is 0 Å². The van der Waals surface area contributed by atoms with Crippen molar-refractivity contribution in [3.8, 4) is 0 Å². The first-order chi connectivity index (χ1) is 4.20. The van der Waals surface area contributed by atoms with E-state index in [2.05, 4.69) is 18.0 Å². The molecule has 0 saturated carbocycles. The van der Waals surface area contributed by atoms with Gasteiger partial charge in [-0.3, -0.25) is 0 Å². The van der Waals surface area contributed by atoms with Gasteiger partial charge in [0.05, 0.1) is 0 Å². The van der Waals surface area contributed by atoms with Gasteiger partial charge in [0.2, 0.25) is 0 Å². The topological polar surface area (TPSA) is 12.9 Å². The van der Waals surface area contributed by atoms with Crippen LogP contribution in [0.15, 0.2) is 12.3 Å². The van der Waals surface area contributed by atoms with E-state index in [1.165, 1.54) is 4.20 Å². The van der Waals surface area contributed by atoms with E-state index in [1.807, 2.05) is 13.1 Å². The van der Waals surface area contributed by atoms with Crippen LogP contribution in [0.25, 0.3) is 0 Å². The Morgan fingerprint density at radius 1 is 1.44 bits per heavy atom. The first-order valence-electron chi connectivity index (χ1n) is 3.10. The van der Waals surface area contributed by atoms with Gasteiger partial charge < -0.3 is 0 Å². The number of hydrogen-bond donors (Lipinski definition) is 0. The molecule has 1 aromatic rings. The third-order valence-electron chi connectivity index (χ3n) is 1.51. The van der Waals surface area contributed by atoms with Gasteiger partial charge in [-0.1, -0.05) is 0 Å². The molecular formula is C7H8NRb. The first kappa shape index (κ1) is 8.06. The summed E-state index contributed by atoms with van der Waals surface area (Å²) in [6.07, 6.45) is 2.00. The van der Waals surface area contributed by atoms with E-state index in [9.17, 15) is 0 Å². The molecule has 1 heterocycles. The summed E-state index contributed by atoms with van der Waals surface area (Å²) >= 11 is 0.620. The Bertz CT molecular complexity index is 220. The molecular weight excluding hydrogens is 184 g/mol. The summed E-state index contributed by atoms with van der Waals surface area (Å²) in [6.45, 7) is 4.18. The van der Waals surface area contributed by atoms with Crippen LogP contribution >= 0.6 is 0 Å². The van der Waals surface area contributed by atoms with Crippen LogP contribution in [0.5, 0.6) is 0 Å². The van der Waals surface area contributed by atoms with Gasteiger partial charge in [0, 0.05) is 0 Å². The van der Waals surface area contributed by atoms with E-state index in [1.54, 1.807) is 0 Å². The van der Waals surface area contributed by atoms with Gasteiger partial charge in [-0.25, -0.2) is 0 Å². The van der Waals surface area contributed by atoms with Gasteiger partial charge >= 0.3 is 96.5 Å². The summed E-state index contributed by atoms with van der Waals surface area (Å²) in [4.78, 5) is 4.19. The zero-order valence-corrected chi connectivity index (χ0v) is 11.0. The van der Waals surface area contributed by atoms with Crippen LogP contribution in [0.4, 0.5) is 0 Å². The van der Waals surface area contributed by atoms with Gasteiger partial charge in [-0.2, -0.15) is 0 Å². The standard InChI is InChI=1S/C7H8N.Rb/c1-6-3-4-8-7(2)5-6;/h4-5H,1-2H3;. The van der Waals surface area contributed by atoms with Crippen molar-refractivity contribution < 1.29 is 0 Å². The predicted octanol–water partition coefficient (Wildman–Crippen LogP) is 0.492. The predicted molar refractivity (Wildman–Crippen MR) is 39.1 cm³/mol. The van der Waals surface area contributed by atoms with Crippen LogP contribution in [-0.2, 0) is 0 Å². The molecule has 0 fully saturated rings. The summed E-state index contributed by atoms with van der Waals surface area (Å²) in [5, 5.41) is 0. The normalized spacial score (nSPS) is 9.78. The molecule has 0 spiro atoms. The summed E-state index contributed by atoms with van der Waals surface area (Å²) in [5.41, 5.74) is 2.54. The molecule has 0 bridgehead atoms. The fourth-order valence-corrected chi connectivity index (χ4v) is 1.44. The van der Waals surface area contributed by atoms with Crippen molar-refractivity contribution in [2.75, 3.05) is 0 Å². The first-order valence-corrected chi connectivity index (χ1v) is 5.56. The number of nitrogens with zero attached hydrogens (tertiary/aromatic N) is 1. The van der Waals surface area contributed by atoms with E-state index in [0.29, 0.717) is 55.5 Å². The Morgan fingerprint density at radius 2 is 2.11 bits per heavy atom. The Morgan fingerprint density at radius 3 is 2.56 bits per heavy atom. The Balaban J connectivity index is 3.17. The molecule has 0 atom stereocenters. The van der Waals surface area contributed by atoms with Crippen LogP contribution in [0.1, 0.15) is 11.3 Å². The van der Waals surface area contributed by atoms with E-state index in [4.69, 9.17) is 0 Å². The number of rotatable bonds is 0. The van der Waals surface area contributed by atoms with Gasteiger partial charge in [0.1, 0.15) is 0 Å². The average molecular weight is 192 g/mol. The third-order valence-corrected chi connectivity index (χ3v) is 4.08. The molecule has 1 aromatic heterocycles. The summed E-state index contributed by atoms with van der Waals surface area (Å²) < 4.78 is 1.47. The van der Waals surface area contributed by atoms with Gasteiger partial charge in [0.25, 0.3) is 0 Å². The number of pyridine rings is 1. The number of aryl methyl sites for hydroxylation is 2. The van der Waals surface area contributed by atoms with Crippen molar-refractivity contribution in [1.82, 2.24) is 4.98 Å². The Hall–Kier alpha value is 0.955. The molecule has 0 radical (unpaired) electrons.